The highest BCUT2D eigenvalue weighted by Crippen LogP contribution is 2.30. The van der Waals surface area contributed by atoms with E-state index >= 15 is 0 Å². The first-order valence-electron chi connectivity index (χ1n) is 9.55. The summed E-state index contributed by atoms with van der Waals surface area (Å²) in [6.45, 7) is 0. The van der Waals surface area contributed by atoms with E-state index in [4.69, 9.17) is 4.42 Å². The number of aromatic nitrogens is 1. The zero-order valence-corrected chi connectivity index (χ0v) is 17.1. The van der Waals surface area contributed by atoms with Gasteiger partial charge in [-0.3, -0.25) is 9.71 Å². The number of nitrogens with zero attached hydrogens (tertiary/aromatic N) is 1. The van der Waals surface area contributed by atoms with Crippen molar-refractivity contribution in [1.29, 1.82) is 0 Å². The lowest BCUT2D eigenvalue weighted by atomic mass is 10.1. The average molecular weight is 424 g/mol. The van der Waals surface area contributed by atoms with Gasteiger partial charge in [0.15, 0.2) is 0 Å². The van der Waals surface area contributed by atoms with E-state index in [9.17, 15) is 8.42 Å². The first-order valence-corrected chi connectivity index (χ1v) is 11.0. The predicted octanol–water partition coefficient (Wildman–Crippen LogP) is 5.18. The van der Waals surface area contributed by atoms with Crippen LogP contribution in [0.4, 0.5) is 5.69 Å². The molecule has 0 aliphatic carbocycles. The van der Waals surface area contributed by atoms with E-state index in [0.29, 0.717) is 16.8 Å². The minimum Gasteiger partial charge on any atom is -0.456 e. The van der Waals surface area contributed by atoms with Gasteiger partial charge in [-0.2, -0.15) is 0 Å². The van der Waals surface area contributed by atoms with Crippen LogP contribution in [-0.4, -0.2) is 13.4 Å². The van der Waals surface area contributed by atoms with Crippen LogP contribution in [0.5, 0.6) is 0 Å². The molecule has 0 fully saturated rings. The Kier molecular flexibility index (Phi) is 4.66. The lowest BCUT2D eigenvalue weighted by molar-refractivity contribution is 0.600. The van der Waals surface area contributed by atoms with Crippen LogP contribution >= 0.6 is 0 Å². The van der Waals surface area contributed by atoms with Crippen LogP contribution < -0.4 is 4.72 Å². The van der Waals surface area contributed by atoms with Gasteiger partial charge in [0, 0.05) is 40.4 Å². The molecule has 0 amide bonds. The second-order valence-electron chi connectivity index (χ2n) is 6.90. The summed E-state index contributed by atoms with van der Waals surface area (Å²) in [5, 5.41) is 1.82. The number of nitrogens with one attached hydrogen (secondary N) is 1. The van der Waals surface area contributed by atoms with Crippen LogP contribution in [0.25, 0.3) is 21.9 Å². The lowest BCUT2D eigenvalue weighted by Crippen LogP contribution is -2.13. The van der Waals surface area contributed by atoms with Crippen molar-refractivity contribution >= 4 is 37.6 Å². The molecule has 0 aliphatic heterocycles. The molecule has 5 aromatic rings. The second kappa shape index (κ2) is 7.63. The fourth-order valence-corrected chi connectivity index (χ4v) is 4.43. The van der Waals surface area contributed by atoms with Crippen molar-refractivity contribution in [3.8, 4) is 11.8 Å². The normalized spacial score (nSPS) is 11.2. The van der Waals surface area contributed by atoms with Crippen LogP contribution in [0.2, 0.25) is 0 Å². The summed E-state index contributed by atoms with van der Waals surface area (Å²) in [4.78, 5) is 4.16. The molecule has 0 spiro atoms. The number of benzene rings is 3. The highest BCUT2D eigenvalue weighted by molar-refractivity contribution is 7.92. The topological polar surface area (TPSA) is 72.2 Å². The molecular formula is C25H16N2O3S. The minimum absolute atomic E-state index is 0.120. The van der Waals surface area contributed by atoms with Crippen molar-refractivity contribution in [2.24, 2.45) is 0 Å². The predicted molar refractivity (Wildman–Crippen MR) is 121 cm³/mol. The Morgan fingerprint density at radius 3 is 2.48 bits per heavy atom. The van der Waals surface area contributed by atoms with Crippen LogP contribution in [-0.2, 0) is 10.0 Å². The van der Waals surface area contributed by atoms with Crippen molar-refractivity contribution < 1.29 is 12.8 Å². The average Bonchev–Trinajstić information content (AvgIpc) is 3.17. The van der Waals surface area contributed by atoms with Crippen molar-refractivity contribution in [3.05, 3.63) is 102 Å². The maximum atomic E-state index is 13.1. The fraction of sp³-hybridized carbons (Fsp3) is 0. The first kappa shape index (κ1) is 18.9. The van der Waals surface area contributed by atoms with E-state index in [1.165, 1.54) is 0 Å². The number of para-hydroxylation sites is 2. The summed E-state index contributed by atoms with van der Waals surface area (Å²) in [7, 11) is -3.84. The highest BCUT2D eigenvalue weighted by atomic mass is 32.2. The summed E-state index contributed by atoms with van der Waals surface area (Å²) in [5.74, 6) is 6.02. The molecule has 150 valence electrons. The summed E-state index contributed by atoms with van der Waals surface area (Å²) in [6.07, 6.45) is 3.33. The van der Waals surface area contributed by atoms with E-state index in [0.717, 1.165) is 21.9 Å². The van der Waals surface area contributed by atoms with E-state index in [1.54, 1.807) is 54.9 Å². The summed E-state index contributed by atoms with van der Waals surface area (Å²) < 4.78 is 34.6. The molecule has 0 bridgehead atoms. The summed E-state index contributed by atoms with van der Waals surface area (Å²) in [5.41, 5.74) is 2.96. The van der Waals surface area contributed by atoms with Crippen LogP contribution in [0.3, 0.4) is 0 Å². The standard InChI is InChI=1S/C25H16N2O3S/c28-31(29,20-13-14-22-21-8-2-4-10-24(21)30-25(22)16-20)27-23-9-3-1-7-19(23)12-11-18-6-5-15-26-17-18/h1-10,13-17,27H. The zero-order valence-electron chi connectivity index (χ0n) is 16.2. The molecule has 0 aliphatic rings. The van der Waals surface area contributed by atoms with Crippen molar-refractivity contribution in [1.82, 2.24) is 4.98 Å². The Balaban J connectivity index is 1.50. The molecule has 2 aromatic heterocycles. The fourth-order valence-electron chi connectivity index (χ4n) is 3.33. The maximum absolute atomic E-state index is 13.1. The van der Waals surface area contributed by atoms with E-state index in [1.807, 2.05) is 36.4 Å². The van der Waals surface area contributed by atoms with Gasteiger partial charge in [0.25, 0.3) is 10.0 Å². The van der Waals surface area contributed by atoms with Gasteiger partial charge in [-0.15, -0.1) is 0 Å². The Morgan fingerprint density at radius 1 is 0.806 bits per heavy atom. The smallest absolute Gasteiger partial charge is 0.262 e. The molecule has 6 heteroatoms. The van der Waals surface area contributed by atoms with Crippen LogP contribution in [0.1, 0.15) is 11.1 Å². The number of sulfonamides is 1. The monoisotopic (exact) mass is 424 g/mol. The number of hydrogen-bond acceptors (Lipinski definition) is 4. The zero-order chi connectivity index (χ0) is 21.3. The Morgan fingerprint density at radius 2 is 1.61 bits per heavy atom. The number of hydrogen-bond donors (Lipinski definition) is 1. The molecule has 0 radical (unpaired) electrons. The van der Waals surface area contributed by atoms with E-state index in [-0.39, 0.29) is 4.90 Å². The molecule has 0 saturated heterocycles. The van der Waals surface area contributed by atoms with Crippen molar-refractivity contribution in [2.75, 3.05) is 4.72 Å². The Bertz CT molecular complexity index is 1580. The van der Waals surface area contributed by atoms with Crippen LogP contribution in [0, 0.1) is 11.8 Å². The molecule has 0 atom stereocenters. The molecular weight excluding hydrogens is 408 g/mol. The molecule has 1 N–H and O–H groups in total. The van der Waals surface area contributed by atoms with E-state index in [2.05, 4.69) is 21.5 Å². The number of furan rings is 1. The Labute approximate surface area is 179 Å². The summed E-state index contributed by atoms with van der Waals surface area (Å²) >= 11 is 0. The van der Waals surface area contributed by atoms with Gasteiger partial charge in [-0.25, -0.2) is 8.42 Å². The van der Waals surface area contributed by atoms with Crippen molar-refractivity contribution in [3.63, 3.8) is 0 Å². The third-order valence-electron chi connectivity index (χ3n) is 4.83. The van der Waals surface area contributed by atoms with Gasteiger partial charge < -0.3 is 4.42 Å². The number of pyridine rings is 1. The third kappa shape index (κ3) is 3.75. The molecule has 5 nitrogen and oxygen atoms in total. The lowest BCUT2D eigenvalue weighted by Gasteiger charge is -2.10. The quantitative estimate of drug-likeness (QED) is 0.405. The molecule has 31 heavy (non-hydrogen) atoms. The highest BCUT2D eigenvalue weighted by Gasteiger charge is 2.18. The largest absolute Gasteiger partial charge is 0.456 e. The molecule has 0 unspecified atom stereocenters. The third-order valence-corrected chi connectivity index (χ3v) is 6.20. The van der Waals surface area contributed by atoms with Gasteiger partial charge in [-0.05, 0) is 42.5 Å². The maximum Gasteiger partial charge on any atom is 0.262 e. The van der Waals surface area contributed by atoms with Crippen molar-refractivity contribution in [2.45, 2.75) is 4.90 Å². The number of rotatable bonds is 3. The van der Waals surface area contributed by atoms with Gasteiger partial charge in [0.05, 0.1) is 10.6 Å². The molecule has 3 aromatic carbocycles. The summed E-state index contributed by atoms with van der Waals surface area (Å²) in [6, 6.07) is 23.2. The minimum atomic E-state index is -3.84. The second-order valence-corrected chi connectivity index (χ2v) is 8.58. The molecule has 2 heterocycles. The van der Waals surface area contributed by atoms with Gasteiger partial charge >= 0.3 is 0 Å². The number of anilines is 1. The SMILES string of the molecule is O=S(=O)(Nc1ccccc1C#Cc1cccnc1)c1ccc2c(c1)oc1ccccc12. The number of fused-ring (bicyclic) bond motifs is 3. The van der Waals surface area contributed by atoms with E-state index < -0.39 is 10.0 Å². The van der Waals surface area contributed by atoms with Crippen LogP contribution in [0.15, 0.2) is 101 Å². The van der Waals surface area contributed by atoms with Gasteiger partial charge in [0.1, 0.15) is 11.2 Å². The molecule has 0 saturated carbocycles. The van der Waals surface area contributed by atoms with Gasteiger partial charge in [-0.1, -0.05) is 42.2 Å². The Hall–Kier alpha value is -4.08. The van der Waals surface area contributed by atoms with Gasteiger partial charge in [0.2, 0.25) is 0 Å². The first-order chi connectivity index (χ1) is 15.1. The molecule has 5 rings (SSSR count).